The lowest BCUT2D eigenvalue weighted by molar-refractivity contribution is 0.481. The van der Waals surface area contributed by atoms with Crippen molar-refractivity contribution in [1.29, 1.82) is 0 Å². The molecule has 2 nitrogen and oxygen atoms in total. The molecule has 0 saturated heterocycles. The lowest BCUT2D eigenvalue weighted by atomic mass is 9.98. The number of phenolic OH excluding ortho intramolecular Hbond substituents is 1. The van der Waals surface area contributed by atoms with Crippen molar-refractivity contribution in [2.45, 2.75) is 0 Å². The fourth-order valence-electron chi connectivity index (χ4n) is 2.07. The monoisotopic (exact) mass is 221 g/mol. The normalized spacial score (nSPS) is 10.6. The van der Waals surface area contributed by atoms with Crippen molar-refractivity contribution in [2.24, 2.45) is 0 Å². The Morgan fingerprint density at radius 1 is 0.765 bits per heavy atom. The predicted octanol–water partition coefficient (Wildman–Crippen LogP) is 3.61. The first-order valence-corrected chi connectivity index (χ1v) is 5.47. The molecular weight excluding hydrogens is 210 g/mol. The molecule has 3 aromatic rings. The molecule has 82 valence electrons. The molecule has 0 spiro atoms. The van der Waals surface area contributed by atoms with Crippen LogP contribution in [0.5, 0.6) is 5.75 Å². The Balaban J connectivity index is 2.35. The lowest BCUT2D eigenvalue weighted by Gasteiger charge is -2.07. The van der Waals surface area contributed by atoms with E-state index in [4.69, 9.17) is 0 Å². The van der Waals surface area contributed by atoms with Crippen LogP contribution in [0, 0.1) is 0 Å². The molecule has 0 atom stereocenters. The first-order valence-electron chi connectivity index (χ1n) is 5.47. The number of hydrogen-bond donors (Lipinski definition) is 1. The van der Waals surface area contributed by atoms with Gasteiger partial charge in [-0.1, -0.05) is 30.3 Å². The number of phenols is 1. The van der Waals surface area contributed by atoms with Gasteiger partial charge in [0.15, 0.2) is 0 Å². The van der Waals surface area contributed by atoms with Gasteiger partial charge in [-0.3, -0.25) is 4.98 Å². The van der Waals surface area contributed by atoms with Crippen LogP contribution in [-0.4, -0.2) is 10.1 Å². The van der Waals surface area contributed by atoms with Gasteiger partial charge < -0.3 is 5.11 Å². The number of aromatic nitrogens is 1. The molecule has 0 fully saturated rings. The second-order valence-corrected chi connectivity index (χ2v) is 3.91. The van der Waals surface area contributed by atoms with E-state index < -0.39 is 0 Å². The van der Waals surface area contributed by atoms with Gasteiger partial charge in [0.2, 0.25) is 0 Å². The van der Waals surface area contributed by atoms with Crippen molar-refractivity contribution in [3.8, 4) is 16.9 Å². The third kappa shape index (κ3) is 1.64. The van der Waals surface area contributed by atoms with Gasteiger partial charge in [-0.2, -0.15) is 0 Å². The molecule has 3 rings (SSSR count). The maximum absolute atomic E-state index is 9.83. The van der Waals surface area contributed by atoms with E-state index in [-0.39, 0.29) is 0 Å². The minimum absolute atomic E-state index is 0.318. The highest BCUT2D eigenvalue weighted by atomic mass is 16.3. The summed E-state index contributed by atoms with van der Waals surface area (Å²) in [5.41, 5.74) is 2.22. The van der Waals surface area contributed by atoms with Gasteiger partial charge in [-0.25, -0.2) is 0 Å². The molecule has 1 heterocycles. The average Bonchev–Trinajstić information content (AvgIpc) is 2.41. The highest BCUT2D eigenvalue weighted by Gasteiger charge is 2.05. The first kappa shape index (κ1) is 9.85. The third-order valence-corrected chi connectivity index (χ3v) is 2.89. The quantitative estimate of drug-likeness (QED) is 0.681. The topological polar surface area (TPSA) is 33.1 Å². The van der Waals surface area contributed by atoms with Crippen LogP contribution in [0.4, 0.5) is 0 Å². The minimum Gasteiger partial charge on any atom is -0.507 e. The second kappa shape index (κ2) is 3.91. The Kier molecular flexibility index (Phi) is 2.26. The number of hydrogen-bond acceptors (Lipinski definition) is 2. The van der Waals surface area contributed by atoms with Gasteiger partial charge in [0.25, 0.3) is 0 Å². The summed E-state index contributed by atoms with van der Waals surface area (Å²) < 4.78 is 0. The van der Waals surface area contributed by atoms with E-state index in [2.05, 4.69) is 4.98 Å². The van der Waals surface area contributed by atoms with Crippen molar-refractivity contribution in [3.05, 3.63) is 60.9 Å². The summed E-state index contributed by atoms with van der Waals surface area (Å²) in [6.45, 7) is 0. The van der Waals surface area contributed by atoms with Crippen molar-refractivity contribution >= 4 is 10.8 Å². The largest absolute Gasteiger partial charge is 0.507 e. The summed E-state index contributed by atoms with van der Waals surface area (Å²) in [6, 6.07) is 15.5. The van der Waals surface area contributed by atoms with Gasteiger partial charge in [-0.15, -0.1) is 0 Å². The third-order valence-electron chi connectivity index (χ3n) is 2.89. The SMILES string of the molecule is Oc1ccc(-c2ccncc2)c2ccccc12. The molecular formula is C15H11NO. The summed E-state index contributed by atoms with van der Waals surface area (Å²) >= 11 is 0. The number of rotatable bonds is 1. The molecule has 2 heteroatoms. The van der Waals surface area contributed by atoms with Crippen molar-refractivity contribution in [3.63, 3.8) is 0 Å². The summed E-state index contributed by atoms with van der Waals surface area (Å²) in [6.07, 6.45) is 3.55. The summed E-state index contributed by atoms with van der Waals surface area (Å²) in [7, 11) is 0. The van der Waals surface area contributed by atoms with E-state index >= 15 is 0 Å². The van der Waals surface area contributed by atoms with Crippen molar-refractivity contribution in [1.82, 2.24) is 4.98 Å². The highest BCUT2D eigenvalue weighted by Crippen LogP contribution is 2.33. The van der Waals surface area contributed by atoms with Gasteiger partial charge in [-0.05, 0) is 34.7 Å². The van der Waals surface area contributed by atoms with Crippen LogP contribution < -0.4 is 0 Å². The first-order chi connectivity index (χ1) is 8.36. The van der Waals surface area contributed by atoms with Crippen LogP contribution in [0.3, 0.4) is 0 Å². The standard InChI is InChI=1S/C15H11NO/c17-15-6-5-12(11-7-9-16-10-8-11)13-3-1-2-4-14(13)15/h1-10,17H. The summed E-state index contributed by atoms with van der Waals surface area (Å²) in [4.78, 5) is 4.02. The van der Waals surface area contributed by atoms with E-state index in [0.29, 0.717) is 5.75 Å². The Morgan fingerprint density at radius 2 is 1.47 bits per heavy atom. The van der Waals surface area contributed by atoms with Crippen LogP contribution in [0.25, 0.3) is 21.9 Å². The molecule has 0 radical (unpaired) electrons. The average molecular weight is 221 g/mol. The van der Waals surface area contributed by atoms with Gasteiger partial charge in [0.1, 0.15) is 5.75 Å². The Labute approximate surface area is 99.2 Å². The Morgan fingerprint density at radius 3 is 2.24 bits per heavy atom. The van der Waals surface area contributed by atoms with E-state index in [1.54, 1.807) is 18.5 Å². The minimum atomic E-state index is 0.318. The fraction of sp³-hybridized carbons (Fsp3) is 0. The number of fused-ring (bicyclic) bond motifs is 1. The number of aromatic hydroxyl groups is 1. The predicted molar refractivity (Wildman–Crippen MR) is 68.8 cm³/mol. The highest BCUT2D eigenvalue weighted by molar-refractivity contribution is 5.99. The molecule has 17 heavy (non-hydrogen) atoms. The maximum atomic E-state index is 9.83. The van der Waals surface area contributed by atoms with Gasteiger partial charge in [0.05, 0.1) is 0 Å². The summed E-state index contributed by atoms with van der Waals surface area (Å²) in [5.74, 6) is 0.318. The van der Waals surface area contributed by atoms with E-state index in [9.17, 15) is 5.11 Å². The van der Waals surface area contributed by atoms with Crippen molar-refractivity contribution in [2.75, 3.05) is 0 Å². The second-order valence-electron chi connectivity index (χ2n) is 3.91. The molecule has 0 aliphatic rings. The molecule has 1 N–H and O–H groups in total. The van der Waals surface area contributed by atoms with Gasteiger partial charge >= 0.3 is 0 Å². The number of benzene rings is 2. The number of pyridine rings is 1. The molecule has 2 aromatic carbocycles. The molecule has 0 aliphatic heterocycles. The van der Waals surface area contributed by atoms with Crippen LogP contribution in [0.15, 0.2) is 60.9 Å². The Hall–Kier alpha value is -2.35. The van der Waals surface area contributed by atoms with E-state index in [1.165, 1.54) is 0 Å². The molecule has 0 aliphatic carbocycles. The van der Waals surface area contributed by atoms with Gasteiger partial charge in [0, 0.05) is 17.8 Å². The van der Waals surface area contributed by atoms with Crippen LogP contribution in [0.2, 0.25) is 0 Å². The van der Waals surface area contributed by atoms with Crippen LogP contribution in [-0.2, 0) is 0 Å². The Bertz CT molecular complexity index is 662. The molecule has 0 unspecified atom stereocenters. The molecule has 0 saturated carbocycles. The maximum Gasteiger partial charge on any atom is 0.123 e. The van der Waals surface area contributed by atoms with E-state index in [0.717, 1.165) is 21.9 Å². The zero-order chi connectivity index (χ0) is 11.7. The van der Waals surface area contributed by atoms with Crippen molar-refractivity contribution < 1.29 is 5.11 Å². The van der Waals surface area contributed by atoms with Crippen LogP contribution in [0.1, 0.15) is 0 Å². The number of nitrogens with zero attached hydrogens (tertiary/aromatic N) is 1. The fourth-order valence-corrected chi connectivity index (χ4v) is 2.07. The zero-order valence-electron chi connectivity index (χ0n) is 9.17. The van der Waals surface area contributed by atoms with E-state index in [1.807, 2.05) is 42.5 Å². The van der Waals surface area contributed by atoms with Crippen LogP contribution >= 0.6 is 0 Å². The summed E-state index contributed by atoms with van der Waals surface area (Å²) in [5, 5.41) is 11.8. The molecule has 0 amide bonds. The smallest absolute Gasteiger partial charge is 0.123 e. The molecule has 0 bridgehead atoms. The molecule has 1 aromatic heterocycles. The lowest BCUT2D eigenvalue weighted by Crippen LogP contribution is -1.82. The zero-order valence-corrected chi connectivity index (χ0v) is 9.17.